The van der Waals surface area contributed by atoms with Gasteiger partial charge in [0.1, 0.15) is 0 Å². The van der Waals surface area contributed by atoms with Crippen LogP contribution in [0.1, 0.15) is 32.6 Å². The first-order chi connectivity index (χ1) is 11.1. The van der Waals surface area contributed by atoms with Crippen molar-refractivity contribution in [3.8, 4) is 0 Å². The van der Waals surface area contributed by atoms with Crippen molar-refractivity contribution in [2.24, 2.45) is 0 Å². The molecule has 0 aromatic carbocycles. The van der Waals surface area contributed by atoms with Crippen molar-refractivity contribution >= 4 is 17.5 Å². The van der Waals surface area contributed by atoms with Crippen molar-refractivity contribution in [1.29, 1.82) is 0 Å². The number of hydrogen-bond acceptors (Lipinski definition) is 4. The van der Waals surface area contributed by atoms with Crippen molar-refractivity contribution in [2.75, 3.05) is 25.0 Å². The summed E-state index contributed by atoms with van der Waals surface area (Å²) < 4.78 is 0. The third kappa shape index (κ3) is 3.69. The van der Waals surface area contributed by atoms with Crippen LogP contribution in [0.5, 0.6) is 0 Å². The molecule has 2 fully saturated rings. The van der Waals surface area contributed by atoms with E-state index in [1.165, 1.54) is 0 Å². The second-order valence-corrected chi connectivity index (χ2v) is 6.39. The van der Waals surface area contributed by atoms with Gasteiger partial charge in [0, 0.05) is 31.7 Å². The second kappa shape index (κ2) is 7.08. The molecule has 6 nitrogen and oxygen atoms in total. The molecular weight excluding hydrogens is 292 g/mol. The predicted molar refractivity (Wildman–Crippen MR) is 87.9 cm³/mol. The molecule has 2 aliphatic heterocycles. The van der Waals surface area contributed by atoms with Gasteiger partial charge in [-0.3, -0.25) is 19.5 Å². The highest BCUT2D eigenvalue weighted by molar-refractivity contribution is 5.92. The Balaban J connectivity index is 1.60. The summed E-state index contributed by atoms with van der Waals surface area (Å²) in [5, 5.41) is 2.89. The van der Waals surface area contributed by atoms with Crippen LogP contribution in [0.4, 0.5) is 5.69 Å². The first kappa shape index (κ1) is 15.9. The molecule has 0 bridgehead atoms. The Morgan fingerprint density at radius 3 is 2.78 bits per heavy atom. The minimum atomic E-state index is -0.0164. The number of carbonyl (C=O) groups excluding carboxylic acids is 2. The summed E-state index contributed by atoms with van der Waals surface area (Å²) in [6.45, 7) is 3.80. The lowest BCUT2D eigenvalue weighted by atomic mass is 10.0. The molecule has 1 N–H and O–H groups in total. The number of rotatable bonds is 4. The number of hydrogen-bond donors (Lipinski definition) is 1. The number of nitrogens with zero attached hydrogens (tertiary/aromatic N) is 3. The van der Waals surface area contributed by atoms with Crippen molar-refractivity contribution < 1.29 is 9.59 Å². The Labute approximate surface area is 136 Å². The maximum Gasteiger partial charge on any atom is 0.238 e. The number of aromatic nitrogens is 1. The predicted octanol–water partition coefficient (Wildman–Crippen LogP) is 1.50. The smallest absolute Gasteiger partial charge is 0.238 e. The van der Waals surface area contributed by atoms with E-state index in [0.717, 1.165) is 44.5 Å². The van der Waals surface area contributed by atoms with Crippen LogP contribution in [0.3, 0.4) is 0 Å². The summed E-state index contributed by atoms with van der Waals surface area (Å²) in [7, 11) is 0. The quantitative estimate of drug-likeness (QED) is 0.914. The van der Waals surface area contributed by atoms with E-state index < -0.39 is 0 Å². The molecular formula is C17H24N4O2. The number of amides is 2. The third-order valence-electron chi connectivity index (χ3n) is 4.85. The van der Waals surface area contributed by atoms with E-state index in [0.29, 0.717) is 12.6 Å². The summed E-state index contributed by atoms with van der Waals surface area (Å²) in [6.07, 6.45) is 7.60. The van der Waals surface area contributed by atoms with E-state index in [1.54, 1.807) is 25.4 Å². The van der Waals surface area contributed by atoms with Crippen LogP contribution < -0.4 is 5.32 Å². The zero-order valence-electron chi connectivity index (χ0n) is 13.6. The van der Waals surface area contributed by atoms with Gasteiger partial charge in [0.25, 0.3) is 0 Å². The van der Waals surface area contributed by atoms with E-state index in [2.05, 4.69) is 15.2 Å². The lowest BCUT2D eigenvalue weighted by Gasteiger charge is -2.34. The summed E-state index contributed by atoms with van der Waals surface area (Å²) in [5.41, 5.74) is 0.722. The van der Waals surface area contributed by atoms with Gasteiger partial charge in [-0.1, -0.05) is 0 Å². The lowest BCUT2D eigenvalue weighted by molar-refractivity contribution is -0.130. The van der Waals surface area contributed by atoms with E-state index in [1.807, 2.05) is 11.0 Å². The average Bonchev–Trinajstić information content (AvgIpc) is 3.16. The normalized spacial score (nSPS) is 24.8. The maximum absolute atomic E-state index is 12.3. The van der Waals surface area contributed by atoms with Crippen LogP contribution >= 0.6 is 0 Å². The molecule has 6 heteroatoms. The molecule has 0 radical (unpaired) electrons. The zero-order valence-corrected chi connectivity index (χ0v) is 13.6. The Morgan fingerprint density at radius 1 is 1.26 bits per heavy atom. The largest absolute Gasteiger partial charge is 0.338 e. The summed E-state index contributed by atoms with van der Waals surface area (Å²) >= 11 is 0. The van der Waals surface area contributed by atoms with E-state index in [9.17, 15) is 9.59 Å². The van der Waals surface area contributed by atoms with Crippen molar-refractivity contribution in [3.63, 3.8) is 0 Å². The Kier molecular flexibility index (Phi) is 4.91. The minimum Gasteiger partial charge on any atom is -0.338 e. The Bertz CT molecular complexity index is 563. The first-order valence-corrected chi connectivity index (χ1v) is 8.36. The van der Waals surface area contributed by atoms with Gasteiger partial charge in [-0.2, -0.15) is 0 Å². The molecule has 124 valence electrons. The van der Waals surface area contributed by atoms with E-state index >= 15 is 0 Å². The summed E-state index contributed by atoms with van der Waals surface area (Å²) in [6, 6.07) is 4.21. The Morgan fingerprint density at radius 2 is 2.04 bits per heavy atom. The van der Waals surface area contributed by atoms with Crippen LogP contribution in [0.15, 0.2) is 24.5 Å². The second-order valence-electron chi connectivity index (χ2n) is 6.39. The molecule has 1 aromatic rings. The molecule has 1 aromatic heterocycles. The molecule has 23 heavy (non-hydrogen) atoms. The molecule has 0 saturated carbocycles. The van der Waals surface area contributed by atoms with Gasteiger partial charge in [-0.15, -0.1) is 0 Å². The van der Waals surface area contributed by atoms with Crippen molar-refractivity contribution in [1.82, 2.24) is 14.8 Å². The topological polar surface area (TPSA) is 65.5 Å². The van der Waals surface area contributed by atoms with Crippen LogP contribution in [-0.4, -0.2) is 58.3 Å². The Hall–Kier alpha value is -1.95. The molecule has 2 aliphatic rings. The molecule has 2 atom stereocenters. The average molecular weight is 316 g/mol. The lowest BCUT2D eigenvalue weighted by Crippen LogP contribution is -2.49. The SMILES string of the molecule is CC(=O)N1CCC[C@H]1[C@H]1CCCN1CC(=O)Nc1cccnc1. The first-order valence-electron chi connectivity index (χ1n) is 8.36. The molecule has 0 aliphatic carbocycles. The van der Waals surface area contributed by atoms with Gasteiger partial charge in [-0.25, -0.2) is 0 Å². The number of pyridine rings is 1. The standard InChI is InChI=1S/C17H24N4O2/c1-13(22)21-10-4-7-16(21)15-6-3-9-20(15)12-17(23)19-14-5-2-8-18-11-14/h2,5,8,11,15-16H,3-4,6-7,9-10,12H2,1H3,(H,19,23)/t15-,16+/m1/s1. The van der Waals surface area contributed by atoms with Gasteiger partial charge in [0.15, 0.2) is 0 Å². The molecule has 2 saturated heterocycles. The minimum absolute atomic E-state index is 0.0164. The van der Waals surface area contributed by atoms with Crippen molar-refractivity contribution in [3.05, 3.63) is 24.5 Å². The maximum atomic E-state index is 12.3. The summed E-state index contributed by atoms with van der Waals surface area (Å²) in [5.74, 6) is 0.136. The van der Waals surface area contributed by atoms with Gasteiger partial charge in [0.2, 0.25) is 11.8 Å². The number of nitrogens with one attached hydrogen (secondary N) is 1. The van der Waals surface area contributed by atoms with E-state index in [4.69, 9.17) is 0 Å². The fourth-order valence-corrected chi connectivity index (χ4v) is 3.89. The third-order valence-corrected chi connectivity index (χ3v) is 4.85. The fraction of sp³-hybridized carbons (Fsp3) is 0.588. The monoisotopic (exact) mass is 316 g/mol. The van der Waals surface area contributed by atoms with Gasteiger partial charge in [0.05, 0.1) is 18.4 Å². The van der Waals surface area contributed by atoms with Crippen LogP contribution in [-0.2, 0) is 9.59 Å². The molecule has 0 spiro atoms. The highest BCUT2D eigenvalue weighted by Gasteiger charge is 2.39. The van der Waals surface area contributed by atoms with Crippen LogP contribution in [0.2, 0.25) is 0 Å². The summed E-state index contributed by atoms with van der Waals surface area (Å²) in [4.78, 5) is 32.3. The van der Waals surface area contributed by atoms with Gasteiger partial charge in [-0.05, 0) is 44.4 Å². The zero-order chi connectivity index (χ0) is 16.2. The highest BCUT2D eigenvalue weighted by Crippen LogP contribution is 2.29. The number of anilines is 1. The van der Waals surface area contributed by atoms with Gasteiger partial charge >= 0.3 is 0 Å². The van der Waals surface area contributed by atoms with Gasteiger partial charge < -0.3 is 10.2 Å². The molecule has 3 heterocycles. The molecule has 3 rings (SSSR count). The highest BCUT2D eigenvalue weighted by atomic mass is 16.2. The fourth-order valence-electron chi connectivity index (χ4n) is 3.89. The van der Waals surface area contributed by atoms with E-state index in [-0.39, 0.29) is 17.9 Å². The van der Waals surface area contributed by atoms with Crippen molar-refractivity contribution in [2.45, 2.75) is 44.7 Å². The molecule has 2 amide bonds. The number of carbonyl (C=O) groups is 2. The van der Waals surface area contributed by atoms with Crippen LogP contribution in [0.25, 0.3) is 0 Å². The molecule has 0 unspecified atom stereocenters. The van der Waals surface area contributed by atoms with Crippen LogP contribution in [0, 0.1) is 0 Å². The number of likely N-dealkylation sites (tertiary alicyclic amines) is 2.